The van der Waals surface area contributed by atoms with E-state index in [1.54, 1.807) is 34.3 Å². The molecule has 3 nitrogen and oxygen atoms in total. The van der Waals surface area contributed by atoms with Crippen molar-refractivity contribution in [3.05, 3.63) is 124 Å². The van der Waals surface area contributed by atoms with E-state index in [9.17, 15) is 39.5 Å². The fourth-order valence-corrected chi connectivity index (χ4v) is 5.18. The van der Waals surface area contributed by atoms with E-state index in [0.29, 0.717) is 17.1 Å². The molecule has 0 aliphatic heterocycles. The van der Waals surface area contributed by atoms with Crippen LogP contribution < -0.4 is 0 Å². The van der Waals surface area contributed by atoms with Crippen molar-refractivity contribution in [2.24, 2.45) is 0 Å². The van der Waals surface area contributed by atoms with Crippen LogP contribution in [-0.2, 0) is 38.6 Å². The summed E-state index contributed by atoms with van der Waals surface area (Å²) in [5, 5.41) is 5.40. The van der Waals surface area contributed by atoms with E-state index in [2.05, 4.69) is 33.2 Å². The quantitative estimate of drug-likeness (QED) is 0.131. The Balaban J connectivity index is 0.000000186. The summed E-state index contributed by atoms with van der Waals surface area (Å²) in [5.74, 6) is 0. The van der Waals surface area contributed by atoms with E-state index < -0.39 is 35.2 Å². The van der Waals surface area contributed by atoms with Crippen molar-refractivity contribution in [2.75, 3.05) is 0 Å². The largest absolute Gasteiger partial charge is 3.00 e. The molecule has 6 aromatic rings. The third kappa shape index (κ3) is 10.6. The van der Waals surface area contributed by atoms with Gasteiger partial charge in [0.1, 0.15) is 0 Å². The van der Waals surface area contributed by atoms with Crippen LogP contribution in [0.3, 0.4) is 0 Å². The maximum Gasteiger partial charge on any atom is 3.00 e. The van der Waals surface area contributed by atoms with Crippen LogP contribution in [0.2, 0.25) is 0 Å². The van der Waals surface area contributed by atoms with E-state index in [-0.39, 0.29) is 20.1 Å². The van der Waals surface area contributed by atoms with Crippen LogP contribution in [0.25, 0.3) is 31.7 Å². The van der Waals surface area contributed by atoms with E-state index in [0.717, 1.165) is 51.4 Å². The summed E-state index contributed by atoms with van der Waals surface area (Å²) >= 11 is 4.17. The zero-order chi connectivity index (χ0) is 32.7. The van der Waals surface area contributed by atoms with Crippen molar-refractivity contribution >= 4 is 34.0 Å². The summed E-state index contributed by atoms with van der Waals surface area (Å²) in [5.41, 5.74) is -0.664. The van der Waals surface area contributed by atoms with Gasteiger partial charge in [0.2, 0.25) is 0 Å². The fourth-order valence-electron chi connectivity index (χ4n) is 3.23. The Morgan fingerprint density at radius 2 is 0.696 bits per heavy atom. The van der Waals surface area contributed by atoms with Crippen LogP contribution in [0, 0.1) is 18.2 Å². The first-order valence-corrected chi connectivity index (χ1v) is 14.8. The molecule has 0 fully saturated rings. The first-order chi connectivity index (χ1) is 21.2. The fraction of sp³-hybridized carbons (Fsp3) is 0.100. The van der Waals surface area contributed by atoms with Gasteiger partial charge in [-0.3, -0.25) is 0 Å². The van der Waals surface area contributed by atoms with Crippen LogP contribution >= 0.6 is 34.0 Å². The maximum atomic E-state index is 12.2. The molecule has 0 spiro atoms. The first kappa shape index (κ1) is 37.0. The molecule has 0 aliphatic carbocycles. The van der Waals surface area contributed by atoms with E-state index in [1.807, 2.05) is 0 Å². The van der Waals surface area contributed by atoms with Gasteiger partial charge in [0.15, 0.2) is 0 Å². The molecule has 0 aromatic carbocycles. The van der Waals surface area contributed by atoms with Gasteiger partial charge in [-0.15, -0.1) is 16.1 Å². The van der Waals surface area contributed by atoms with Gasteiger partial charge >= 0.3 is 38.6 Å². The number of nitrogens with zero attached hydrogens (tertiary/aromatic N) is 3. The van der Waals surface area contributed by atoms with Crippen molar-refractivity contribution in [3.8, 4) is 31.7 Å². The third-order valence-electron chi connectivity index (χ3n) is 5.38. The van der Waals surface area contributed by atoms with Crippen LogP contribution in [0.5, 0.6) is 0 Å². The van der Waals surface area contributed by atoms with Crippen LogP contribution in [0.4, 0.5) is 39.5 Å². The second kappa shape index (κ2) is 15.9. The number of rotatable bonds is 3. The van der Waals surface area contributed by atoms with Crippen molar-refractivity contribution in [3.63, 3.8) is 0 Å². The molecule has 0 N–H and O–H groups in total. The number of hydrogen-bond donors (Lipinski definition) is 0. The molecular formula is C30H15F9IrN3S3. The van der Waals surface area contributed by atoms with Gasteiger partial charge in [0.05, 0.1) is 16.7 Å². The standard InChI is InChI=1S/3C10H5F3NS.Ir/c3*11-10(12,13)7-3-4-8(14-6-7)9-2-1-5-15-9;/h3*1,3-6H;/q3*-1;+3. The van der Waals surface area contributed by atoms with Crippen LogP contribution in [0.1, 0.15) is 16.7 Å². The van der Waals surface area contributed by atoms with Gasteiger partial charge in [-0.1, -0.05) is 51.0 Å². The normalized spacial score (nSPS) is 11.4. The Bertz CT molecular complexity index is 1510. The van der Waals surface area contributed by atoms with E-state index in [1.165, 1.54) is 52.2 Å². The predicted octanol–water partition coefficient (Wildman–Crippen LogP) is 10.9. The summed E-state index contributed by atoms with van der Waals surface area (Å²) in [6.07, 6.45) is -10.5. The van der Waals surface area contributed by atoms with Gasteiger partial charge in [-0.25, -0.2) is 34.0 Å². The van der Waals surface area contributed by atoms with Gasteiger partial charge in [0, 0.05) is 18.6 Å². The first-order valence-electron chi connectivity index (χ1n) is 12.2. The van der Waals surface area contributed by atoms with Gasteiger partial charge in [-0.05, 0) is 17.1 Å². The van der Waals surface area contributed by atoms with Crippen molar-refractivity contribution in [1.82, 2.24) is 15.0 Å². The molecule has 0 aliphatic rings. The molecule has 0 amide bonds. The molecule has 6 rings (SSSR count). The average Bonchev–Trinajstić information content (AvgIpc) is 3.81. The van der Waals surface area contributed by atoms with Gasteiger partial charge in [-0.2, -0.15) is 75.9 Å². The Morgan fingerprint density at radius 1 is 0.435 bits per heavy atom. The minimum Gasteiger partial charge on any atom is -0.318 e. The minimum atomic E-state index is -4.33. The molecule has 0 saturated carbocycles. The molecule has 6 aromatic heterocycles. The Hall–Kier alpha value is -3.43. The SMILES string of the molecule is FC(F)(F)c1ccc(-c2[c-]ccs2)nc1.FC(F)(F)c1ccc(-c2[c-]ccs2)nc1.FC(F)(F)c1ccc(-c2[c-]ccs2)nc1.[Ir+3]. The molecule has 240 valence electrons. The predicted molar refractivity (Wildman–Crippen MR) is 154 cm³/mol. The molecule has 46 heavy (non-hydrogen) atoms. The summed E-state index contributed by atoms with van der Waals surface area (Å²) in [7, 11) is 0. The Morgan fingerprint density at radius 3 is 0.848 bits per heavy atom. The number of hydrogen-bond acceptors (Lipinski definition) is 6. The minimum absolute atomic E-state index is 0. The Kier molecular flexibility index (Phi) is 12.8. The third-order valence-corrected chi connectivity index (χ3v) is 7.88. The number of thiophene rings is 3. The van der Waals surface area contributed by atoms with Crippen molar-refractivity contribution < 1.29 is 59.6 Å². The second-order valence-electron chi connectivity index (χ2n) is 8.47. The smallest absolute Gasteiger partial charge is 0.318 e. The zero-order valence-corrected chi connectivity index (χ0v) is 27.3. The van der Waals surface area contributed by atoms with Crippen molar-refractivity contribution in [2.45, 2.75) is 18.5 Å². The van der Waals surface area contributed by atoms with Crippen molar-refractivity contribution in [1.29, 1.82) is 0 Å². The molecule has 0 saturated heterocycles. The molecule has 0 bridgehead atoms. The molecule has 0 radical (unpaired) electrons. The second-order valence-corrected chi connectivity index (χ2v) is 11.2. The molecule has 6 heterocycles. The summed E-state index contributed by atoms with van der Waals surface area (Å²) in [4.78, 5) is 13.5. The topological polar surface area (TPSA) is 38.7 Å². The van der Waals surface area contributed by atoms with Crippen LogP contribution in [0.15, 0.2) is 89.3 Å². The molecule has 0 atom stereocenters. The monoisotopic (exact) mass is 877 g/mol. The van der Waals surface area contributed by atoms with E-state index in [4.69, 9.17) is 0 Å². The van der Waals surface area contributed by atoms with Gasteiger partial charge < -0.3 is 15.0 Å². The number of alkyl halides is 9. The number of halogens is 9. The summed E-state index contributed by atoms with van der Waals surface area (Å²) in [6.45, 7) is 0. The Labute approximate surface area is 281 Å². The van der Waals surface area contributed by atoms with Gasteiger partial charge in [0.25, 0.3) is 0 Å². The summed E-state index contributed by atoms with van der Waals surface area (Å²) < 4.78 is 110. The number of aromatic nitrogens is 3. The molecule has 16 heteroatoms. The van der Waals surface area contributed by atoms with E-state index >= 15 is 0 Å². The molecule has 0 unspecified atom stereocenters. The zero-order valence-electron chi connectivity index (χ0n) is 22.5. The summed E-state index contributed by atoms with van der Waals surface area (Å²) in [6, 6.07) is 20.9. The maximum absolute atomic E-state index is 12.2. The average molecular weight is 877 g/mol. The van der Waals surface area contributed by atoms with Crippen LogP contribution in [-0.4, -0.2) is 15.0 Å². The number of pyridine rings is 3. The molecular weight excluding hydrogens is 862 g/mol.